The molecule has 17 heavy (non-hydrogen) atoms. The van der Waals surface area contributed by atoms with Crippen molar-refractivity contribution < 1.29 is 18.8 Å². The molecule has 1 heterocycles. The van der Waals surface area contributed by atoms with E-state index in [1.54, 1.807) is 0 Å². The van der Waals surface area contributed by atoms with Crippen LogP contribution in [0.1, 0.15) is 33.6 Å². The highest BCUT2D eigenvalue weighted by molar-refractivity contribution is 6.74. The van der Waals surface area contributed by atoms with Crippen molar-refractivity contribution in [2.75, 3.05) is 0 Å². The van der Waals surface area contributed by atoms with E-state index in [0.29, 0.717) is 12.8 Å². The Balaban J connectivity index is 2.70. The molecule has 1 rings (SSSR count). The fourth-order valence-electron chi connectivity index (χ4n) is 1.49. The zero-order valence-electron chi connectivity index (χ0n) is 11.3. The molecule has 2 atom stereocenters. The zero-order valence-corrected chi connectivity index (χ0v) is 12.3. The average molecular weight is 258 g/mol. The van der Waals surface area contributed by atoms with Crippen molar-refractivity contribution in [3.63, 3.8) is 0 Å². The van der Waals surface area contributed by atoms with E-state index in [1.165, 1.54) is 0 Å². The first-order valence-electron chi connectivity index (χ1n) is 6.00. The molecule has 0 saturated carbocycles. The normalized spacial score (nSPS) is 23.4. The summed E-state index contributed by atoms with van der Waals surface area (Å²) in [7, 11) is -2.00. The highest BCUT2D eigenvalue weighted by Gasteiger charge is 2.42. The van der Waals surface area contributed by atoms with E-state index in [0.717, 1.165) is 6.29 Å². The Morgan fingerprint density at radius 3 is 2.41 bits per heavy atom. The third kappa shape index (κ3) is 3.39. The fourth-order valence-corrected chi connectivity index (χ4v) is 2.73. The minimum Gasteiger partial charge on any atom is -0.459 e. The number of carbonyl (C=O) groups is 2. The van der Waals surface area contributed by atoms with Crippen LogP contribution in [0.3, 0.4) is 0 Å². The van der Waals surface area contributed by atoms with Crippen LogP contribution in [-0.4, -0.2) is 32.8 Å². The summed E-state index contributed by atoms with van der Waals surface area (Å²) < 4.78 is 11.1. The Hall–Kier alpha value is -0.683. The highest BCUT2D eigenvalue weighted by Crippen LogP contribution is 2.38. The first kappa shape index (κ1) is 14.4. The number of esters is 1. The molecule has 0 spiro atoms. The first-order valence-corrected chi connectivity index (χ1v) is 8.91. The van der Waals surface area contributed by atoms with Crippen molar-refractivity contribution in [3.05, 3.63) is 0 Å². The van der Waals surface area contributed by atoms with Gasteiger partial charge in [-0.05, 0) is 24.6 Å². The van der Waals surface area contributed by atoms with Crippen LogP contribution in [0, 0.1) is 0 Å². The number of hydrogen-bond donors (Lipinski definition) is 0. The van der Waals surface area contributed by atoms with Gasteiger partial charge >= 0.3 is 5.97 Å². The molecule has 5 heteroatoms. The van der Waals surface area contributed by atoms with Crippen LogP contribution in [0.5, 0.6) is 0 Å². The predicted molar refractivity (Wildman–Crippen MR) is 67.2 cm³/mol. The SMILES string of the molecule is CC(C)(C)[Si](C)(C)O[C@H](C=O)[C@H]1CCC(=O)O1. The Kier molecular flexibility index (Phi) is 4.14. The van der Waals surface area contributed by atoms with E-state index >= 15 is 0 Å². The molecule has 1 aliphatic rings. The molecule has 98 valence electrons. The highest BCUT2D eigenvalue weighted by atomic mass is 28.4. The molecule has 0 aliphatic carbocycles. The molecule has 0 bridgehead atoms. The molecular formula is C12H22O4Si. The molecule has 0 radical (unpaired) electrons. The molecule has 1 saturated heterocycles. The van der Waals surface area contributed by atoms with Crippen LogP contribution in [-0.2, 0) is 18.8 Å². The van der Waals surface area contributed by atoms with Gasteiger partial charge in [0.25, 0.3) is 0 Å². The second-order valence-electron chi connectivity index (χ2n) is 6.05. The Morgan fingerprint density at radius 1 is 1.47 bits per heavy atom. The Bertz CT molecular complexity index is 306. The third-order valence-corrected chi connectivity index (χ3v) is 8.13. The Morgan fingerprint density at radius 2 is 2.06 bits per heavy atom. The maximum atomic E-state index is 11.1. The standard InChI is InChI=1S/C12H22O4Si/c1-12(2,3)17(4,5)16-10(8-13)9-6-7-11(14)15-9/h8-10H,6-7H2,1-5H3/t9-,10-/m1/s1. The topological polar surface area (TPSA) is 52.6 Å². The second-order valence-corrected chi connectivity index (χ2v) is 10.8. The monoisotopic (exact) mass is 258 g/mol. The summed E-state index contributed by atoms with van der Waals surface area (Å²) in [6.07, 6.45) is 0.729. The number of aldehydes is 1. The molecule has 0 aromatic rings. The summed E-state index contributed by atoms with van der Waals surface area (Å²) in [5.74, 6) is -0.235. The molecule has 0 aromatic heterocycles. The quantitative estimate of drug-likeness (QED) is 0.441. The van der Waals surface area contributed by atoms with Gasteiger partial charge in [0, 0.05) is 6.42 Å². The maximum absolute atomic E-state index is 11.1. The summed E-state index contributed by atoms with van der Waals surface area (Å²) in [5.41, 5.74) is 0. The van der Waals surface area contributed by atoms with Crippen molar-refractivity contribution >= 4 is 20.6 Å². The minimum atomic E-state index is -2.00. The molecule has 0 N–H and O–H groups in total. The third-order valence-electron chi connectivity index (χ3n) is 3.65. The molecule has 4 nitrogen and oxygen atoms in total. The number of rotatable bonds is 4. The van der Waals surface area contributed by atoms with Crippen molar-refractivity contribution in [3.8, 4) is 0 Å². The molecule has 1 fully saturated rings. The summed E-state index contributed by atoms with van der Waals surface area (Å²) in [5, 5.41) is 0.0386. The summed E-state index contributed by atoms with van der Waals surface area (Å²) >= 11 is 0. The second kappa shape index (κ2) is 4.90. The van der Waals surface area contributed by atoms with Crippen molar-refractivity contribution in [2.45, 2.75) is 64.0 Å². The van der Waals surface area contributed by atoms with E-state index in [2.05, 4.69) is 33.9 Å². The number of carbonyl (C=O) groups excluding carboxylic acids is 2. The lowest BCUT2D eigenvalue weighted by molar-refractivity contribution is -0.145. The van der Waals surface area contributed by atoms with E-state index in [1.807, 2.05) is 0 Å². The van der Waals surface area contributed by atoms with Gasteiger partial charge in [-0.25, -0.2) is 0 Å². The van der Waals surface area contributed by atoms with E-state index in [9.17, 15) is 9.59 Å². The summed E-state index contributed by atoms with van der Waals surface area (Å²) in [6.45, 7) is 10.5. The molecule has 0 unspecified atom stereocenters. The summed E-state index contributed by atoms with van der Waals surface area (Å²) in [6, 6.07) is 0. The Labute approximate surface area is 104 Å². The van der Waals surface area contributed by atoms with Crippen molar-refractivity contribution in [1.29, 1.82) is 0 Å². The van der Waals surface area contributed by atoms with Crippen LogP contribution in [0.4, 0.5) is 0 Å². The van der Waals surface area contributed by atoms with Gasteiger partial charge < -0.3 is 14.0 Å². The minimum absolute atomic E-state index is 0.0386. The number of cyclic esters (lactones) is 1. The van der Waals surface area contributed by atoms with Crippen molar-refractivity contribution in [1.82, 2.24) is 0 Å². The molecule has 1 aliphatic heterocycles. The smallest absolute Gasteiger partial charge is 0.306 e. The number of ether oxygens (including phenoxy) is 1. The van der Waals surface area contributed by atoms with Crippen LogP contribution in [0.15, 0.2) is 0 Å². The fraction of sp³-hybridized carbons (Fsp3) is 0.833. The van der Waals surface area contributed by atoms with Gasteiger partial charge in [-0.3, -0.25) is 4.79 Å². The molecule has 0 aromatic carbocycles. The summed E-state index contributed by atoms with van der Waals surface area (Å²) in [4.78, 5) is 22.2. The van der Waals surface area contributed by atoms with Gasteiger partial charge in [-0.1, -0.05) is 20.8 Å². The largest absolute Gasteiger partial charge is 0.459 e. The average Bonchev–Trinajstić information content (AvgIpc) is 2.59. The van der Waals surface area contributed by atoms with Gasteiger partial charge in [0.05, 0.1) is 0 Å². The van der Waals surface area contributed by atoms with Gasteiger partial charge in [-0.15, -0.1) is 0 Å². The lowest BCUT2D eigenvalue weighted by atomic mass is 10.1. The van der Waals surface area contributed by atoms with Crippen LogP contribution < -0.4 is 0 Å². The maximum Gasteiger partial charge on any atom is 0.306 e. The van der Waals surface area contributed by atoms with Gasteiger partial charge in [0.1, 0.15) is 12.2 Å². The van der Waals surface area contributed by atoms with Gasteiger partial charge in [0.15, 0.2) is 14.6 Å². The first-order chi connectivity index (χ1) is 7.67. The van der Waals surface area contributed by atoms with Crippen LogP contribution in [0.2, 0.25) is 18.1 Å². The predicted octanol–water partition coefficient (Wildman–Crippen LogP) is 2.28. The molecule has 0 amide bonds. The van der Waals surface area contributed by atoms with Crippen molar-refractivity contribution in [2.24, 2.45) is 0 Å². The van der Waals surface area contributed by atoms with E-state index in [4.69, 9.17) is 9.16 Å². The molecular weight excluding hydrogens is 236 g/mol. The lowest BCUT2D eigenvalue weighted by Gasteiger charge is -2.38. The van der Waals surface area contributed by atoms with Crippen LogP contribution in [0.25, 0.3) is 0 Å². The van der Waals surface area contributed by atoms with E-state index in [-0.39, 0.29) is 11.0 Å². The van der Waals surface area contributed by atoms with E-state index < -0.39 is 20.5 Å². The van der Waals surface area contributed by atoms with Crippen LogP contribution >= 0.6 is 0 Å². The zero-order chi connectivity index (χ0) is 13.3. The van der Waals surface area contributed by atoms with Gasteiger partial charge in [-0.2, -0.15) is 0 Å². The lowest BCUT2D eigenvalue weighted by Crippen LogP contribution is -2.47. The van der Waals surface area contributed by atoms with Gasteiger partial charge in [0.2, 0.25) is 0 Å². The number of hydrogen-bond acceptors (Lipinski definition) is 4.